The van der Waals surface area contributed by atoms with Crippen molar-refractivity contribution in [2.75, 3.05) is 13.7 Å². The van der Waals surface area contributed by atoms with Gasteiger partial charge in [0.1, 0.15) is 17.1 Å². The molecule has 2 aromatic carbocycles. The Bertz CT molecular complexity index is 1240. The van der Waals surface area contributed by atoms with Crippen LogP contribution in [-0.4, -0.2) is 19.5 Å². The number of carbonyl (C=O) groups excluding carboxylic acids is 1. The molecule has 4 aromatic rings. The Balaban J connectivity index is 1.62. The number of fused-ring (bicyclic) bond motifs is 1. The highest BCUT2D eigenvalue weighted by atomic mass is 35.5. The molecule has 0 radical (unpaired) electrons. The highest BCUT2D eigenvalue weighted by molar-refractivity contribution is 7.18. The first kappa shape index (κ1) is 19.2. The zero-order valence-corrected chi connectivity index (χ0v) is 16.9. The van der Waals surface area contributed by atoms with E-state index in [9.17, 15) is 9.59 Å². The Labute approximate surface area is 175 Å². The fourth-order valence-electron chi connectivity index (χ4n) is 2.93. The van der Waals surface area contributed by atoms with Crippen LogP contribution in [0.15, 0.2) is 69.9 Å². The molecular formula is C22H15ClO5S. The van der Waals surface area contributed by atoms with Crippen molar-refractivity contribution >= 4 is 39.7 Å². The van der Waals surface area contributed by atoms with E-state index in [1.165, 1.54) is 17.4 Å². The Morgan fingerprint density at radius 2 is 1.79 bits per heavy atom. The van der Waals surface area contributed by atoms with Crippen molar-refractivity contribution in [3.63, 3.8) is 0 Å². The second-order valence-corrected chi connectivity index (χ2v) is 7.90. The van der Waals surface area contributed by atoms with E-state index in [0.29, 0.717) is 20.5 Å². The van der Waals surface area contributed by atoms with Crippen molar-refractivity contribution in [2.45, 2.75) is 0 Å². The highest BCUT2D eigenvalue weighted by Gasteiger charge is 2.12. The SMILES string of the molecule is COc1ccc(-c2cc(=O)oc3cc(OCC(=O)c4ccc(Cl)s4)ccc23)cc1. The monoisotopic (exact) mass is 426 g/mol. The summed E-state index contributed by atoms with van der Waals surface area (Å²) in [7, 11) is 1.60. The van der Waals surface area contributed by atoms with Crippen LogP contribution < -0.4 is 15.1 Å². The van der Waals surface area contributed by atoms with E-state index in [4.69, 9.17) is 25.5 Å². The van der Waals surface area contributed by atoms with Crippen LogP contribution in [0, 0.1) is 0 Å². The number of ether oxygens (including phenoxy) is 2. The summed E-state index contributed by atoms with van der Waals surface area (Å²) >= 11 is 7.07. The third-order valence-corrected chi connectivity index (χ3v) is 5.61. The molecule has 146 valence electrons. The number of ketones is 1. The van der Waals surface area contributed by atoms with Crippen molar-refractivity contribution in [3.8, 4) is 22.6 Å². The fraction of sp³-hybridized carbons (Fsp3) is 0.0909. The van der Waals surface area contributed by atoms with Gasteiger partial charge in [-0.3, -0.25) is 4.79 Å². The molecule has 0 saturated carbocycles. The number of carbonyl (C=O) groups is 1. The number of hydrogen-bond acceptors (Lipinski definition) is 6. The van der Waals surface area contributed by atoms with E-state index < -0.39 is 5.63 Å². The van der Waals surface area contributed by atoms with Crippen LogP contribution in [-0.2, 0) is 0 Å². The lowest BCUT2D eigenvalue weighted by molar-refractivity contribution is 0.0925. The normalized spacial score (nSPS) is 10.8. The minimum atomic E-state index is -0.468. The quantitative estimate of drug-likeness (QED) is 0.303. The van der Waals surface area contributed by atoms with Gasteiger partial charge in [0.2, 0.25) is 5.78 Å². The van der Waals surface area contributed by atoms with Crippen LogP contribution >= 0.6 is 22.9 Å². The summed E-state index contributed by atoms with van der Waals surface area (Å²) in [5, 5.41) is 0.762. The summed E-state index contributed by atoms with van der Waals surface area (Å²) in [6, 6.07) is 17.4. The van der Waals surface area contributed by atoms with Gasteiger partial charge in [0.25, 0.3) is 0 Å². The molecule has 0 fully saturated rings. The summed E-state index contributed by atoms with van der Waals surface area (Å²) < 4.78 is 16.7. The van der Waals surface area contributed by atoms with Crippen molar-refractivity contribution in [1.29, 1.82) is 0 Å². The van der Waals surface area contributed by atoms with Gasteiger partial charge >= 0.3 is 5.63 Å². The van der Waals surface area contributed by atoms with Crippen molar-refractivity contribution in [1.82, 2.24) is 0 Å². The van der Waals surface area contributed by atoms with E-state index in [1.807, 2.05) is 24.3 Å². The molecule has 5 nitrogen and oxygen atoms in total. The number of benzene rings is 2. The molecule has 0 aliphatic rings. The summed E-state index contributed by atoms with van der Waals surface area (Å²) in [5.41, 5.74) is 1.52. The van der Waals surface area contributed by atoms with Crippen LogP contribution in [0.1, 0.15) is 9.67 Å². The Morgan fingerprint density at radius 1 is 1.03 bits per heavy atom. The maximum Gasteiger partial charge on any atom is 0.336 e. The lowest BCUT2D eigenvalue weighted by Gasteiger charge is -2.09. The molecule has 0 atom stereocenters. The molecule has 2 aromatic heterocycles. The summed E-state index contributed by atoms with van der Waals surface area (Å²) in [4.78, 5) is 24.8. The van der Waals surface area contributed by atoms with Crippen LogP contribution in [0.5, 0.6) is 11.5 Å². The summed E-state index contributed by atoms with van der Waals surface area (Å²) in [5.74, 6) is 0.993. The maximum absolute atomic E-state index is 12.2. The van der Waals surface area contributed by atoms with Crippen molar-refractivity contribution in [3.05, 3.63) is 80.3 Å². The molecule has 29 heavy (non-hydrogen) atoms. The standard InChI is InChI=1S/C22H15ClO5S/c1-26-14-4-2-13(3-5-14)17-11-22(25)28-19-10-15(6-7-16(17)19)27-12-18(24)20-8-9-21(23)29-20/h2-11H,12H2,1H3. The molecule has 2 heterocycles. The number of Topliss-reactive ketones (excluding diaryl/α,β-unsaturated/α-hetero) is 1. The van der Waals surface area contributed by atoms with Crippen LogP contribution in [0.3, 0.4) is 0 Å². The van der Waals surface area contributed by atoms with Gasteiger partial charge in [-0.05, 0) is 47.5 Å². The molecule has 4 rings (SSSR count). The van der Waals surface area contributed by atoms with E-state index in [2.05, 4.69) is 0 Å². The molecule has 0 aliphatic carbocycles. The Kier molecular flexibility index (Phi) is 5.38. The van der Waals surface area contributed by atoms with Crippen LogP contribution in [0.25, 0.3) is 22.1 Å². The third-order valence-electron chi connectivity index (χ3n) is 4.33. The van der Waals surface area contributed by atoms with Crippen molar-refractivity contribution in [2.24, 2.45) is 0 Å². The van der Waals surface area contributed by atoms with E-state index in [0.717, 1.165) is 22.3 Å². The minimum Gasteiger partial charge on any atom is -0.497 e. The third kappa shape index (κ3) is 4.18. The van der Waals surface area contributed by atoms with Crippen LogP contribution in [0.2, 0.25) is 4.34 Å². The van der Waals surface area contributed by atoms with Gasteiger partial charge in [-0.2, -0.15) is 0 Å². The first-order chi connectivity index (χ1) is 14.0. The molecular weight excluding hydrogens is 412 g/mol. The number of thiophene rings is 1. The number of rotatable bonds is 6. The zero-order valence-electron chi connectivity index (χ0n) is 15.3. The second-order valence-electron chi connectivity index (χ2n) is 6.18. The highest BCUT2D eigenvalue weighted by Crippen LogP contribution is 2.31. The molecule has 0 amide bonds. The van der Waals surface area contributed by atoms with Gasteiger partial charge in [-0.1, -0.05) is 23.7 Å². The molecule has 0 spiro atoms. The Hall–Kier alpha value is -3.09. The molecule has 7 heteroatoms. The average molecular weight is 427 g/mol. The molecule has 0 saturated heterocycles. The van der Waals surface area contributed by atoms with Gasteiger partial charge in [-0.15, -0.1) is 11.3 Å². The van der Waals surface area contributed by atoms with E-state index >= 15 is 0 Å². The number of methoxy groups -OCH3 is 1. The number of halogens is 1. The molecule has 0 N–H and O–H groups in total. The van der Waals surface area contributed by atoms with Gasteiger partial charge in [0.15, 0.2) is 6.61 Å². The largest absolute Gasteiger partial charge is 0.497 e. The van der Waals surface area contributed by atoms with E-state index in [-0.39, 0.29) is 12.4 Å². The zero-order chi connectivity index (χ0) is 20.4. The predicted octanol–water partition coefficient (Wildman–Crippen LogP) is 5.45. The van der Waals surface area contributed by atoms with Gasteiger partial charge in [0.05, 0.1) is 16.3 Å². The van der Waals surface area contributed by atoms with E-state index in [1.54, 1.807) is 37.4 Å². The minimum absolute atomic E-state index is 0.134. The fourth-order valence-corrected chi connectivity index (χ4v) is 3.89. The predicted molar refractivity (Wildman–Crippen MR) is 114 cm³/mol. The smallest absolute Gasteiger partial charge is 0.336 e. The van der Waals surface area contributed by atoms with Crippen LogP contribution in [0.4, 0.5) is 0 Å². The Morgan fingerprint density at radius 3 is 2.48 bits per heavy atom. The van der Waals surface area contributed by atoms with Gasteiger partial charge in [-0.25, -0.2) is 4.79 Å². The van der Waals surface area contributed by atoms with Gasteiger partial charge in [0, 0.05) is 17.5 Å². The maximum atomic E-state index is 12.2. The lowest BCUT2D eigenvalue weighted by Crippen LogP contribution is -2.10. The average Bonchev–Trinajstić information content (AvgIpc) is 3.17. The lowest BCUT2D eigenvalue weighted by atomic mass is 10.0. The molecule has 0 bridgehead atoms. The summed E-state index contributed by atoms with van der Waals surface area (Å²) in [6.07, 6.45) is 0. The first-order valence-corrected chi connectivity index (χ1v) is 9.86. The molecule has 0 unspecified atom stereocenters. The molecule has 0 aliphatic heterocycles. The number of hydrogen-bond donors (Lipinski definition) is 0. The second kappa shape index (κ2) is 8.11. The summed E-state index contributed by atoms with van der Waals surface area (Å²) in [6.45, 7) is -0.134. The topological polar surface area (TPSA) is 65.7 Å². The van der Waals surface area contributed by atoms with Gasteiger partial charge < -0.3 is 13.9 Å². The first-order valence-electron chi connectivity index (χ1n) is 8.67. The van der Waals surface area contributed by atoms with Crippen molar-refractivity contribution < 1.29 is 18.7 Å².